The molecule has 1 saturated heterocycles. The summed E-state index contributed by atoms with van der Waals surface area (Å²) in [6.45, 7) is 3.90. The Hall–Kier alpha value is -1.07. The Bertz CT molecular complexity index is 1240. The first-order valence-electron chi connectivity index (χ1n) is 34.9. The van der Waals surface area contributed by atoms with Crippen LogP contribution in [0.1, 0.15) is 367 Å². The predicted octanol–water partition coefficient (Wildman–Crippen LogP) is 18.7. The maximum atomic E-state index is 13.1. The van der Waals surface area contributed by atoms with Crippen molar-refractivity contribution in [1.82, 2.24) is 5.32 Å². The minimum absolute atomic E-state index is 0.132. The first-order chi connectivity index (χ1) is 38.3. The fourth-order valence-corrected chi connectivity index (χ4v) is 11.6. The Labute approximate surface area is 484 Å². The minimum atomic E-state index is -1.55. The molecule has 78 heavy (non-hydrogen) atoms. The van der Waals surface area contributed by atoms with Gasteiger partial charge in [0.25, 0.3) is 0 Å². The van der Waals surface area contributed by atoms with E-state index in [1.165, 1.54) is 302 Å². The van der Waals surface area contributed by atoms with Crippen molar-refractivity contribution in [3.8, 4) is 0 Å². The van der Waals surface area contributed by atoms with Crippen LogP contribution in [0.25, 0.3) is 0 Å². The number of aliphatic hydroxyl groups is 5. The highest BCUT2D eigenvalue weighted by molar-refractivity contribution is 5.76. The second-order valence-corrected chi connectivity index (χ2v) is 24.7. The third kappa shape index (κ3) is 47.4. The van der Waals surface area contributed by atoms with Crippen molar-refractivity contribution in [2.45, 2.75) is 410 Å². The molecule has 6 N–H and O–H groups in total. The number of allylic oxidation sites excluding steroid dienone is 2. The zero-order valence-corrected chi connectivity index (χ0v) is 52.0. The number of hydrogen-bond donors (Lipinski definition) is 6. The van der Waals surface area contributed by atoms with Crippen LogP contribution in [0.3, 0.4) is 0 Å². The molecule has 0 aromatic heterocycles. The standard InChI is InChI=1S/C69H135NO8/c1-3-5-7-9-11-13-15-17-19-21-23-25-27-29-30-31-32-33-34-35-37-39-41-43-45-47-49-51-53-55-57-59-65(73)70-62(61-77-69-68(76)67(75)66(74)64(60-71)78-69)63(72)58-56-54-52-50-48-46-44-42-40-38-36-28-26-24-22-20-18-16-14-12-10-8-6-4-2/h21,23,62-64,66-69,71-72,74-76H,3-20,22,24-61H2,1-2H3,(H,70,73)/b23-21-. The topological polar surface area (TPSA) is 149 Å². The van der Waals surface area contributed by atoms with Gasteiger partial charge in [-0.05, 0) is 38.5 Å². The Morgan fingerprint density at radius 1 is 0.423 bits per heavy atom. The van der Waals surface area contributed by atoms with Crippen molar-refractivity contribution < 1.29 is 39.8 Å². The van der Waals surface area contributed by atoms with E-state index < -0.39 is 49.5 Å². The Morgan fingerprint density at radius 2 is 0.718 bits per heavy atom. The monoisotopic (exact) mass is 1110 g/mol. The summed E-state index contributed by atoms with van der Waals surface area (Å²) in [5.41, 5.74) is 0. The molecule has 1 heterocycles. The molecule has 1 fully saturated rings. The molecular weight excluding hydrogens is 971 g/mol. The van der Waals surface area contributed by atoms with E-state index in [1.54, 1.807) is 0 Å². The molecular formula is C69H135NO8. The summed E-state index contributed by atoms with van der Waals surface area (Å²) in [6, 6.07) is -0.717. The Kier molecular flexibility index (Phi) is 56.8. The van der Waals surface area contributed by atoms with Crippen LogP contribution in [-0.2, 0) is 14.3 Å². The van der Waals surface area contributed by atoms with E-state index in [4.69, 9.17) is 9.47 Å². The van der Waals surface area contributed by atoms with Crippen LogP contribution >= 0.6 is 0 Å². The van der Waals surface area contributed by atoms with Crippen molar-refractivity contribution in [3.05, 3.63) is 12.2 Å². The first-order valence-corrected chi connectivity index (χ1v) is 34.9. The number of carbonyl (C=O) groups is 1. The minimum Gasteiger partial charge on any atom is -0.394 e. The highest BCUT2D eigenvalue weighted by Crippen LogP contribution is 2.24. The van der Waals surface area contributed by atoms with Crippen molar-refractivity contribution in [1.29, 1.82) is 0 Å². The summed E-state index contributed by atoms with van der Waals surface area (Å²) in [7, 11) is 0. The van der Waals surface area contributed by atoms with Gasteiger partial charge in [0.15, 0.2) is 6.29 Å². The van der Waals surface area contributed by atoms with Gasteiger partial charge in [0.2, 0.25) is 5.91 Å². The SMILES string of the molecule is CCCCCCCCCC/C=C\CCCCCCCCCCCCCCCCCCCCCC(=O)NC(COC1OC(CO)C(O)C(O)C1O)C(O)CCCCCCCCCCCCCCCCCCCCCCCCCC. The molecule has 1 rings (SSSR count). The summed E-state index contributed by atoms with van der Waals surface area (Å²) in [6.07, 6.45) is 68.5. The highest BCUT2D eigenvalue weighted by atomic mass is 16.7. The third-order valence-corrected chi connectivity index (χ3v) is 17.1. The van der Waals surface area contributed by atoms with Gasteiger partial charge in [0.05, 0.1) is 25.4 Å². The van der Waals surface area contributed by atoms with Crippen LogP contribution < -0.4 is 5.32 Å². The molecule has 0 radical (unpaired) electrons. The average Bonchev–Trinajstić information content (AvgIpc) is 3.45. The molecule has 0 spiro atoms. The maximum absolute atomic E-state index is 13.1. The van der Waals surface area contributed by atoms with Crippen LogP contribution in [0, 0.1) is 0 Å². The van der Waals surface area contributed by atoms with Gasteiger partial charge in [-0.3, -0.25) is 4.79 Å². The van der Waals surface area contributed by atoms with E-state index >= 15 is 0 Å². The Balaban J connectivity index is 2.10. The summed E-state index contributed by atoms with van der Waals surface area (Å²) in [5.74, 6) is -0.135. The van der Waals surface area contributed by atoms with Gasteiger partial charge < -0.3 is 40.3 Å². The van der Waals surface area contributed by atoms with Crippen LogP contribution in [0.15, 0.2) is 12.2 Å². The quantitative estimate of drug-likeness (QED) is 0.0261. The number of nitrogens with one attached hydrogen (secondary N) is 1. The lowest BCUT2D eigenvalue weighted by Gasteiger charge is -2.40. The second-order valence-electron chi connectivity index (χ2n) is 24.7. The summed E-state index contributed by atoms with van der Waals surface area (Å²) >= 11 is 0. The summed E-state index contributed by atoms with van der Waals surface area (Å²) in [5, 5.41) is 54.9. The van der Waals surface area contributed by atoms with Gasteiger partial charge in [-0.15, -0.1) is 0 Å². The lowest BCUT2D eigenvalue weighted by molar-refractivity contribution is -0.302. The normalized spacial score (nSPS) is 18.6. The first kappa shape index (κ1) is 74.9. The molecule has 0 saturated carbocycles. The number of rotatable bonds is 62. The van der Waals surface area contributed by atoms with Gasteiger partial charge in [0, 0.05) is 6.42 Å². The number of ether oxygens (including phenoxy) is 2. The predicted molar refractivity (Wildman–Crippen MR) is 332 cm³/mol. The molecule has 0 aromatic carbocycles. The van der Waals surface area contributed by atoms with E-state index in [0.717, 1.165) is 38.5 Å². The third-order valence-electron chi connectivity index (χ3n) is 17.1. The zero-order valence-electron chi connectivity index (χ0n) is 52.0. The van der Waals surface area contributed by atoms with Crippen molar-refractivity contribution >= 4 is 5.91 Å². The van der Waals surface area contributed by atoms with Crippen molar-refractivity contribution in [2.75, 3.05) is 13.2 Å². The van der Waals surface area contributed by atoms with Crippen LogP contribution in [0.5, 0.6) is 0 Å². The van der Waals surface area contributed by atoms with Gasteiger partial charge in [0.1, 0.15) is 24.4 Å². The number of unbranched alkanes of at least 4 members (excludes halogenated alkanes) is 50. The number of aliphatic hydroxyl groups excluding tert-OH is 5. The summed E-state index contributed by atoms with van der Waals surface area (Å²) < 4.78 is 11.4. The molecule has 0 bridgehead atoms. The zero-order chi connectivity index (χ0) is 56.5. The largest absolute Gasteiger partial charge is 0.394 e. The highest BCUT2D eigenvalue weighted by Gasteiger charge is 2.44. The van der Waals surface area contributed by atoms with Crippen LogP contribution in [-0.4, -0.2) is 87.5 Å². The molecule has 9 nitrogen and oxygen atoms in total. The smallest absolute Gasteiger partial charge is 0.220 e. The van der Waals surface area contributed by atoms with Crippen LogP contribution in [0.4, 0.5) is 0 Å². The molecule has 1 aliphatic rings. The maximum Gasteiger partial charge on any atom is 0.220 e. The molecule has 0 aliphatic carbocycles. The van der Waals surface area contributed by atoms with Gasteiger partial charge in [-0.25, -0.2) is 0 Å². The fourth-order valence-electron chi connectivity index (χ4n) is 11.6. The van der Waals surface area contributed by atoms with E-state index in [9.17, 15) is 30.3 Å². The van der Waals surface area contributed by atoms with Crippen LogP contribution in [0.2, 0.25) is 0 Å². The molecule has 0 aromatic rings. The fraction of sp³-hybridized carbons (Fsp3) is 0.957. The molecule has 7 unspecified atom stereocenters. The molecule has 1 aliphatic heterocycles. The van der Waals surface area contributed by atoms with Crippen molar-refractivity contribution in [2.24, 2.45) is 0 Å². The number of hydrogen-bond acceptors (Lipinski definition) is 8. The van der Waals surface area contributed by atoms with E-state index in [-0.39, 0.29) is 12.5 Å². The van der Waals surface area contributed by atoms with Gasteiger partial charge in [-0.2, -0.15) is 0 Å². The van der Waals surface area contributed by atoms with E-state index in [2.05, 4.69) is 31.3 Å². The summed E-state index contributed by atoms with van der Waals surface area (Å²) in [4.78, 5) is 13.1. The lowest BCUT2D eigenvalue weighted by Crippen LogP contribution is -2.60. The molecule has 7 atom stereocenters. The Morgan fingerprint density at radius 3 is 1.04 bits per heavy atom. The lowest BCUT2D eigenvalue weighted by atomic mass is 9.99. The molecule has 1 amide bonds. The number of carbonyl (C=O) groups excluding carboxylic acids is 1. The molecule has 9 heteroatoms. The average molecular weight is 1110 g/mol. The van der Waals surface area contributed by atoms with Crippen molar-refractivity contribution in [3.63, 3.8) is 0 Å². The van der Waals surface area contributed by atoms with Gasteiger partial charge >= 0.3 is 0 Å². The van der Waals surface area contributed by atoms with E-state index in [0.29, 0.717) is 12.8 Å². The number of amides is 1. The molecule has 464 valence electrons. The second kappa shape index (κ2) is 59.1. The van der Waals surface area contributed by atoms with E-state index in [1.807, 2.05) is 0 Å². The van der Waals surface area contributed by atoms with Gasteiger partial charge in [-0.1, -0.05) is 334 Å².